The van der Waals surface area contributed by atoms with Crippen LogP contribution in [0, 0.1) is 0 Å². The maximum absolute atomic E-state index is 13.7. The highest BCUT2D eigenvalue weighted by molar-refractivity contribution is 5.55. The number of rotatable bonds is 24. The molecule has 286 valence electrons. The van der Waals surface area contributed by atoms with Crippen LogP contribution >= 0.6 is 0 Å². The molecule has 2 aromatic rings. The highest BCUT2D eigenvalue weighted by Crippen LogP contribution is 2.48. The van der Waals surface area contributed by atoms with Crippen molar-refractivity contribution >= 4 is 0 Å². The van der Waals surface area contributed by atoms with Crippen LogP contribution in [0.5, 0.6) is 0 Å². The van der Waals surface area contributed by atoms with Gasteiger partial charge in [-0.25, -0.2) is 24.2 Å². The first kappa shape index (κ1) is 43.4. The van der Waals surface area contributed by atoms with Gasteiger partial charge in [0, 0.05) is 24.6 Å². The van der Waals surface area contributed by atoms with E-state index in [1.807, 2.05) is 41.4 Å². The first-order chi connectivity index (χ1) is 23.1. The fourth-order valence-electron chi connectivity index (χ4n) is 4.40. The van der Waals surface area contributed by atoms with Crippen molar-refractivity contribution in [2.45, 2.75) is 121 Å². The largest absolute Gasteiger partial charge is 0.527 e. The van der Waals surface area contributed by atoms with Gasteiger partial charge in [0.05, 0.1) is 0 Å². The molecule has 0 bridgehead atoms. The predicted molar refractivity (Wildman–Crippen MR) is 152 cm³/mol. The van der Waals surface area contributed by atoms with Gasteiger partial charge in [-0.15, -0.1) is 13.2 Å². The molecule has 2 rings (SSSR count). The van der Waals surface area contributed by atoms with Crippen molar-refractivity contribution in [3.8, 4) is 11.4 Å². The fourth-order valence-corrected chi connectivity index (χ4v) is 4.40. The first-order valence-electron chi connectivity index (χ1n) is 15.6. The second-order valence-corrected chi connectivity index (χ2v) is 11.3. The van der Waals surface area contributed by atoms with E-state index in [-0.39, 0.29) is 6.42 Å². The molecule has 6 nitrogen and oxygen atoms in total. The predicted octanol–water partition coefficient (Wildman–Crippen LogP) is 10.7. The monoisotopic (exact) mass is 748 g/mol. The summed E-state index contributed by atoms with van der Waals surface area (Å²) in [6.45, 7) is -0.418. The molecule has 1 aromatic heterocycles. The van der Waals surface area contributed by atoms with E-state index in [1.165, 1.54) is 32.1 Å². The van der Waals surface area contributed by atoms with Crippen molar-refractivity contribution in [2.24, 2.45) is 0 Å². The average Bonchev–Trinajstić information content (AvgIpc) is 2.98. The molecule has 0 unspecified atom stereocenters. The van der Waals surface area contributed by atoms with Crippen molar-refractivity contribution in [3.05, 3.63) is 47.8 Å². The van der Waals surface area contributed by atoms with Gasteiger partial charge in [0.15, 0.2) is 5.82 Å². The molecule has 0 atom stereocenters. The van der Waals surface area contributed by atoms with Gasteiger partial charge in [0.2, 0.25) is 0 Å². The van der Waals surface area contributed by atoms with Gasteiger partial charge in [0.25, 0.3) is 0 Å². The molecule has 50 heavy (non-hydrogen) atoms. The minimum atomic E-state index is -7.08. The number of halogens is 13. The Morgan fingerprint density at radius 3 is 1.52 bits per heavy atom. The molecule has 19 heteroatoms. The lowest BCUT2D eigenvalue weighted by molar-refractivity contribution is -0.564. The molecule has 0 aliphatic carbocycles. The highest BCUT2D eigenvalue weighted by Gasteiger charge is 2.74. The highest BCUT2D eigenvalue weighted by atomic mass is 19.4. The summed E-state index contributed by atoms with van der Waals surface area (Å²) in [4.78, 5) is 8.90. The van der Waals surface area contributed by atoms with E-state index < -0.39 is 50.1 Å². The van der Waals surface area contributed by atoms with Crippen LogP contribution in [0.3, 0.4) is 0 Å². The molecule has 0 amide bonds. The Kier molecular flexibility index (Phi) is 16.2. The van der Waals surface area contributed by atoms with Gasteiger partial charge in [-0.3, -0.25) is 0 Å². The maximum Gasteiger partial charge on any atom is 0.527 e. The molecule has 0 N–H and O–H groups in total. The molecule has 0 spiro atoms. The van der Waals surface area contributed by atoms with E-state index in [9.17, 15) is 57.1 Å². The Balaban J connectivity index is 1.69. The minimum absolute atomic E-state index is 0.109. The number of hydrogen-bond donors (Lipinski definition) is 0. The van der Waals surface area contributed by atoms with E-state index in [0.29, 0.717) is 31.5 Å². The van der Waals surface area contributed by atoms with Crippen molar-refractivity contribution in [2.75, 3.05) is 13.2 Å². The molecule has 0 aliphatic rings. The smallest absolute Gasteiger partial charge is 0.372 e. The van der Waals surface area contributed by atoms with Crippen LogP contribution in [0.4, 0.5) is 57.1 Å². The molecule has 0 saturated heterocycles. The summed E-state index contributed by atoms with van der Waals surface area (Å²) in [5.41, 5.74) is 2.91. The molecule has 1 aromatic carbocycles. The molecule has 0 fully saturated rings. The summed E-state index contributed by atoms with van der Waals surface area (Å²) in [7, 11) is 0. The Labute approximate surface area is 279 Å². The van der Waals surface area contributed by atoms with Crippen molar-refractivity contribution < 1.29 is 76.0 Å². The Morgan fingerprint density at radius 1 is 0.520 bits per heavy atom. The summed E-state index contributed by atoms with van der Waals surface area (Å²) in [5.74, 6) is 0.589. The summed E-state index contributed by atoms with van der Waals surface area (Å²) in [6.07, 6.45) is -25.5. The van der Waals surface area contributed by atoms with Gasteiger partial charge in [-0.2, -0.15) is 43.9 Å². The zero-order chi connectivity index (χ0) is 37.7. The number of aromatic nitrogens is 2. The lowest BCUT2D eigenvalue weighted by atomic mass is 10.0. The van der Waals surface area contributed by atoms with Gasteiger partial charge in [-0.05, 0) is 43.2 Å². The van der Waals surface area contributed by atoms with Crippen LogP contribution in [-0.2, 0) is 31.8 Å². The van der Waals surface area contributed by atoms with Crippen molar-refractivity contribution in [1.29, 1.82) is 0 Å². The fraction of sp³-hybridized carbons (Fsp3) is 0.677. The van der Waals surface area contributed by atoms with Gasteiger partial charge < -0.3 is 4.74 Å². The lowest BCUT2D eigenvalue weighted by Crippen LogP contribution is -2.57. The Hall–Kier alpha value is -2.77. The summed E-state index contributed by atoms with van der Waals surface area (Å²) in [5, 5.41) is 0. The molecule has 1 heterocycles. The second-order valence-electron chi connectivity index (χ2n) is 11.3. The average molecular weight is 749 g/mol. The van der Waals surface area contributed by atoms with Crippen LogP contribution in [0.1, 0.15) is 82.3 Å². The maximum atomic E-state index is 13.7. The van der Waals surface area contributed by atoms with E-state index in [1.54, 1.807) is 4.74 Å². The number of nitrogens with zero attached hydrogens (tertiary/aromatic N) is 2. The van der Waals surface area contributed by atoms with Crippen molar-refractivity contribution in [3.63, 3.8) is 0 Å². The Bertz CT molecular complexity index is 1260. The van der Waals surface area contributed by atoms with Crippen LogP contribution in [-0.4, -0.2) is 60.1 Å². The molecular formula is C31H37F13N2O4. The van der Waals surface area contributed by atoms with E-state index in [0.717, 1.165) is 29.5 Å². The normalized spacial score (nSPS) is 13.6. The number of ether oxygens (including phenoxy) is 4. The summed E-state index contributed by atoms with van der Waals surface area (Å²) in [6, 6.07) is 7.56. The van der Waals surface area contributed by atoms with E-state index in [4.69, 9.17) is 0 Å². The zero-order valence-electron chi connectivity index (χ0n) is 26.8. The van der Waals surface area contributed by atoms with E-state index >= 15 is 0 Å². The molecule has 0 saturated carbocycles. The molecule has 0 aliphatic heterocycles. The quantitative estimate of drug-likeness (QED) is 0.0787. The molecule has 0 radical (unpaired) electrons. The van der Waals surface area contributed by atoms with Crippen LogP contribution in [0.25, 0.3) is 11.4 Å². The third-order valence-corrected chi connectivity index (χ3v) is 6.97. The third-order valence-electron chi connectivity index (χ3n) is 6.97. The van der Waals surface area contributed by atoms with Gasteiger partial charge in [-0.1, -0.05) is 76.1 Å². The van der Waals surface area contributed by atoms with E-state index in [2.05, 4.69) is 26.4 Å². The topological polar surface area (TPSA) is 62.7 Å². The lowest BCUT2D eigenvalue weighted by Gasteiger charge is -2.33. The molecular weight excluding hydrogens is 711 g/mol. The number of alkyl halides is 13. The second kappa shape index (κ2) is 18.6. The van der Waals surface area contributed by atoms with Crippen LogP contribution < -0.4 is 0 Å². The number of aryl methyl sites for hydroxylation is 2. The Morgan fingerprint density at radius 2 is 0.980 bits per heavy atom. The number of benzene rings is 1. The summed E-state index contributed by atoms with van der Waals surface area (Å²) < 4.78 is 179. The third kappa shape index (κ3) is 14.8. The first-order valence-corrected chi connectivity index (χ1v) is 15.6. The SMILES string of the molecule is CCCCCCCCc1cnc(-c2ccc(CCCCCCOCC(F)(F)OC(F)(F)C(F)(F)OC(F)(F)C(F)(F)OC(F)(F)F)cc2)nc1. The number of unbranched alkanes of at least 4 members (excludes halogenated alkanes) is 8. The number of hydrogen-bond acceptors (Lipinski definition) is 6. The van der Waals surface area contributed by atoms with Crippen LogP contribution in [0.15, 0.2) is 36.7 Å². The summed E-state index contributed by atoms with van der Waals surface area (Å²) >= 11 is 0. The zero-order valence-corrected chi connectivity index (χ0v) is 26.8. The van der Waals surface area contributed by atoms with Gasteiger partial charge >= 0.3 is 36.9 Å². The van der Waals surface area contributed by atoms with Gasteiger partial charge in [0.1, 0.15) is 6.61 Å². The minimum Gasteiger partial charge on any atom is -0.372 e. The van der Waals surface area contributed by atoms with Crippen molar-refractivity contribution in [1.82, 2.24) is 9.97 Å². The van der Waals surface area contributed by atoms with Crippen LogP contribution in [0.2, 0.25) is 0 Å². The standard InChI is InChI=1S/C31H37F13N2O4/c1-2-3-4-5-6-10-13-23-19-45-25(46-20-23)24-16-14-22(15-17-24)12-9-7-8-11-18-47-21-26(32,33)48-27(34,35)28(36,37)49-29(38,39)30(40,41)50-31(42,43)44/h14-17,19-20H,2-13,18,21H2,1H3.